The molecular weight excluding hydrogens is 184 g/mol. The normalized spacial score (nSPS) is 10.1. The largest absolute Gasteiger partial charge is 0.386 e. The third kappa shape index (κ3) is 3.46. The van der Waals surface area contributed by atoms with Gasteiger partial charge in [-0.2, -0.15) is 0 Å². The van der Waals surface area contributed by atoms with Crippen LogP contribution in [-0.4, -0.2) is 20.6 Å². The minimum Gasteiger partial charge on any atom is -0.386 e. The Morgan fingerprint density at radius 3 is 2.60 bits per heavy atom. The summed E-state index contributed by atoms with van der Waals surface area (Å²) in [5.41, 5.74) is 2.49. The van der Waals surface area contributed by atoms with Crippen LogP contribution in [0.25, 0.3) is 0 Å². The van der Waals surface area contributed by atoms with E-state index in [4.69, 9.17) is 0 Å². The van der Waals surface area contributed by atoms with E-state index in [0.29, 0.717) is 0 Å². The predicted molar refractivity (Wildman–Crippen MR) is 68.8 cm³/mol. The first-order valence-electron chi connectivity index (χ1n) is 5.77. The monoisotopic (exact) mass is 206 g/mol. The SMILES string of the molecule is CCCCCN(C)c1ccccc1NC. The van der Waals surface area contributed by atoms with E-state index in [9.17, 15) is 0 Å². The summed E-state index contributed by atoms with van der Waals surface area (Å²) >= 11 is 0. The Bertz CT molecular complexity index is 284. The highest BCUT2D eigenvalue weighted by atomic mass is 15.1. The van der Waals surface area contributed by atoms with E-state index >= 15 is 0 Å². The zero-order chi connectivity index (χ0) is 11.1. The van der Waals surface area contributed by atoms with Crippen LogP contribution in [0, 0.1) is 0 Å². The van der Waals surface area contributed by atoms with Crippen LogP contribution in [-0.2, 0) is 0 Å². The van der Waals surface area contributed by atoms with E-state index in [1.807, 2.05) is 7.05 Å². The molecule has 2 nitrogen and oxygen atoms in total. The first kappa shape index (κ1) is 11.9. The van der Waals surface area contributed by atoms with Crippen LogP contribution < -0.4 is 10.2 Å². The molecule has 0 fully saturated rings. The van der Waals surface area contributed by atoms with Crippen molar-refractivity contribution in [1.29, 1.82) is 0 Å². The fraction of sp³-hybridized carbons (Fsp3) is 0.538. The fourth-order valence-electron chi connectivity index (χ4n) is 1.74. The lowest BCUT2D eigenvalue weighted by molar-refractivity contribution is 0.705. The summed E-state index contributed by atoms with van der Waals surface area (Å²) in [5.74, 6) is 0. The molecule has 0 aliphatic heterocycles. The molecule has 0 aromatic heterocycles. The molecule has 2 heteroatoms. The standard InChI is InChI=1S/C13H22N2/c1-4-5-8-11-15(3)13-10-7-6-9-12(13)14-2/h6-7,9-10,14H,4-5,8,11H2,1-3H3. The molecule has 0 heterocycles. The molecule has 0 unspecified atom stereocenters. The van der Waals surface area contributed by atoms with Crippen LogP contribution in [0.5, 0.6) is 0 Å². The Hall–Kier alpha value is -1.18. The molecule has 1 aromatic rings. The number of benzene rings is 1. The molecule has 15 heavy (non-hydrogen) atoms. The molecule has 84 valence electrons. The van der Waals surface area contributed by atoms with Crippen LogP contribution in [0.1, 0.15) is 26.2 Å². The van der Waals surface area contributed by atoms with E-state index in [1.54, 1.807) is 0 Å². The molecule has 0 saturated heterocycles. The van der Waals surface area contributed by atoms with Gasteiger partial charge in [0.25, 0.3) is 0 Å². The van der Waals surface area contributed by atoms with Crippen LogP contribution >= 0.6 is 0 Å². The van der Waals surface area contributed by atoms with Crippen LogP contribution in [0.3, 0.4) is 0 Å². The number of anilines is 2. The zero-order valence-corrected chi connectivity index (χ0v) is 10.1. The van der Waals surface area contributed by atoms with Gasteiger partial charge in [-0.25, -0.2) is 0 Å². The topological polar surface area (TPSA) is 15.3 Å². The highest BCUT2D eigenvalue weighted by Gasteiger charge is 2.04. The van der Waals surface area contributed by atoms with Crippen molar-refractivity contribution in [2.24, 2.45) is 0 Å². The molecular formula is C13H22N2. The molecule has 0 radical (unpaired) electrons. The maximum atomic E-state index is 3.23. The van der Waals surface area contributed by atoms with Crippen molar-refractivity contribution in [3.63, 3.8) is 0 Å². The van der Waals surface area contributed by atoms with Gasteiger partial charge in [0.1, 0.15) is 0 Å². The maximum Gasteiger partial charge on any atom is 0.0599 e. The number of para-hydroxylation sites is 2. The van der Waals surface area contributed by atoms with Crippen LogP contribution in [0.15, 0.2) is 24.3 Å². The maximum absolute atomic E-state index is 3.23. The predicted octanol–water partition coefficient (Wildman–Crippen LogP) is 3.35. The quantitative estimate of drug-likeness (QED) is 0.718. The van der Waals surface area contributed by atoms with Crippen molar-refractivity contribution in [2.75, 3.05) is 30.9 Å². The smallest absolute Gasteiger partial charge is 0.0599 e. The molecule has 0 bridgehead atoms. The summed E-state index contributed by atoms with van der Waals surface area (Å²) in [4.78, 5) is 2.32. The number of nitrogens with one attached hydrogen (secondary N) is 1. The average Bonchev–Trinajstić information content (AvgIpc) is 2.29. The molecule has 0 amide bonds. The van der Waals surface area contributed by atoms with Gasteiger partial charge in [0.2, 0.25) is 0 Å². The van der Waals surface area contributed by atoms with Crippen molar-refractivity contribution in [3.05, 3.63) is 24.3 Å². The third-order valence-electron chi connectivity index (χ3n) is 2.68. The lowest BCUT2D eigenvalue weighted by atomic mass is 10.2. The van der Waals surface area contributed by atoms with Crippen molar-refractivity contribution in [1.82, 2.24) is 0 Å². The summed E-state index contributed by atoms with van der Waals surface area (Å²) in [6.07, 6.45) is 3.86. The Kier molecular flexibility index (Phi) is 5.02. The zero-order valence-electron chi connectivity index (χ0n) is 10.1. The number of nitrogens with zero attached hydrogens (tertiary/aromatic N) is 1. The summed E-state index contributed by atoms with van der Waals surface area (Å²) in [6.45, 7) is 3.37. The first-order valence-corrected chi connectivity index (χ1v) is 5.77. The van der Waals surface area contributed by atoms with Gasteiger partial charge in [0.15, 0.2) is 0 Å². The number of hydrogen-bond acceptors (Lipinski definition) is 2. The Labute approximate surface area is 93.3 Å². The average molecular weight is 206 g/mol. The van der Waals surface area contributed by atoms with E-state index in [-0.39, 0.29) is 0 Å². The van der Waals surface area contributed by atoms with Crippen molar-refractivity contribution < 1.29 is 0 Å². The van der Waals surface area contributed by atoms with E-state index in [1.165, 1.54) is 30.6 Å². The summed E-state index contributed by atoms with van der Waals surface area (Å²) < 4.78 is 0. The Balaban J connectivity index is 2.59. The van der Waals surface area contributed by atoms with Gasteiger partial charge in [-0.3, -0.25) is 0 Å². The highest BCUT2D eigenvalue weighted by Crippen LogP contribution is 2.23. The fourth-order valence-corrected chi connectivity index (χ4v) is 1.74. The second-order valence-corrected chi connectivity index (χ2v) is 3.90. The van der Waals surface area contributed by atoms with Gasteiger partial charge >= 0.3 is 0 Å². The van der Waals surface area contributed by atoms with Crippen molar-refractivity contribution >= 4 is 11.4 Å². The molecule has 1 rings (SSSR count). The molecule has 0 aliphatic carbocycles. The van der Waals surface area contributed by atoms with E-state index in [2.05, 4.69) is 48.5 Å². The second kappa shape index (κ2) is 6.33. The first-order chi connectivity index (χ1) is 7.29. The minimum absolute atomic E-state index is 1.13. The third-order valence-corrected chi connectivity index (χ3v) is 2.68. The molecule has 0 atom stereocenters. The van der Waals surface area contributed by atoms with Crippen molar-refractivity contribution in [3.8, 4) is 0 Å². The summed E-state index contributed by atoms with van der Waals surface area (Å²) in [5, 5.41) is 3.23. The van der Waals surface area contributed by atoms with Gasteiger partial charge < -0.3 is 10.2 Å². The Morgan fingerprint density at radius 2 is 1.93 bits per heavy atom. The lowest BCUT2D eigenvalue weighted by Crippen LogP contribution is -2.19. The molecule has 0 spiro atoms. The summed E-state index contributed by atoms with van der Waals surface area (Å²) in [7, 11) is 4.13. The molecule has 0 saturated carbocycles. The Morgan fingerprint density at radius 1 is 1.20 bits per heavy atom. The lowest BCUT2D eigenvalue weighted by Gasteiger charge is -2.22. The van der Waals surface area contributed by atoms with Gasteiger partial charge in [-0.05, 0) is 18.6 Å². The van der Waals surface area contributed by atoms with Gasteiger partial charge in [-0.15, -0.1) is 0 Å². The summed E-state index contributed by atoms with van der Waals surface area (Å²) in [6, 6.07) is 8.44. The van der Waals surface area contributed by atoms with Crippen molar-refractivity contribution in [2.45, 2.75) is 26.2 Å². The van der Waals surface area contributed by atoms with Gasteiger partial charge in [0, 0.05) is 20.6 Å². The second-order valence-electron chi connectivity index (χ2n) is 3.90. The molecule has 0 aliphatic rings. The van der Waals surface area contributed by atoms with E-state index < -0.39 is 0 Å². The number of unbranched alkanes of at least 4 members (excludes halogenated alkanes) is 2. The van der Waals surface area contributed by atoms with Crippen LogP contribution in [0.2, 0.25) is 0 Å². The number of hydrogen-bond donors (Lipinski definition) is 1. The van der Waals surface area contributed by atoms with Gasteiger partial charge in [0.05, 0.1) is 11.4 Å². The van der Waals surface area contributed by atoms with Crippen LogP contribution in [0.4, 0.5) is 11.4 Å². The minimum atomic E-state index is 1.13. The van der Waals surface area contributed by atoms with E-state index in [0.717, 1.165) is 6.54 Å². The molecule has 1 aromatic carbocycles. The van der Waals surface area contributed by atoms with Gasteiger partial charge in [-0.1, -0.05) is 31.9 Å². The number of rotatable bonds is 6. The molecule has 1 N–H and O–H groups in total. The highest BCUT2D eigenvalue weighted by molar-refractivity contribution is 5.69.